The second kappa shape index (κ2) is 10.2. The van der Waals surface area contributed by atoms with Crippen molar-refractivity contribution in [1.29, 1.82) is 0 Å². The molecule has 0 aliphatic heterocycles. The molecule has 1 aromatic carbocycles. The van der Waals surface area contributed by atoms with Gasteiger partial charge in [-0.05, 0) is 33.3 Å². The number of carbonyl (C=O) groups excluding carboxylic acids is 1. The Morgan fingerprint density at radius 2 is 2.03 bits per heavy atom. The van der Waals surface area contributed by atoms with E-state index in [4.69, 9.17) is 9.47 Å². The molecule has 0 unspecified atom stereocenters. The third-order valence-electron chi connectivity index (χ3n) is 4.09. The highest BCUT2D eigenvalue weighted by Gasteiger charge is 2.23. The maximum atomic E-state index is 12.0. The van der Waals surface area contributed by atoms with E-state index in [1.54, 1.807) is 20.8 Å². The fraction of sp³-hybridized carbons (Fsp3) is 0.368. The first-order chi connectivity index (χ1) is 14.6. The summed E-state index contributed by atoms with van der Waals surface area (Å²) >= 11 is 0. The van der Waals surface area contributed by atoms with E-state index in [9.17, 15) is 24.5 Å². The summed E-state index contributed by atoms with van der Waals surface area (Å²) < 4.78 is 10.7. The predicted molar refractivity (Wildman–Crippen MR) is 112 cm³/mol. The third kappa shape index (κ3) is 6.26. The largest absolute Gasteiger partial charge is 0.493 e. The first kappa shape index (κ1) is 23.3. The van der Waals surface area contributed by atoms with Crippen molar-refractivity contribution in [3.8, 4) is 11.5 Å². The van der Waals surface area contributed by atoms with Crippen molar-refractivity contribution in [1.82, 2.24) is 15.4 Å². The Hall–Kier alpha value is -3.96. The molecule has 0 saturated carbocycles. The number of H-pyrrole nitrogens is 2. The monoisotopic (exact) mass is 433 g/mol. The van der Waals surface area contributed by atoms with Crippen molar-refractivity contribution in [2.24, 2.45) is 5.10 Å². The lowest BCUT2D eigenvalue weighted by Crippen LogP contribution is -2.28. The number of rotatable bonds is 9. The Kier molecular flexibility index (Phi) is 7.66. The highest BCUT2D eigenvalue weighted by Crippen LogP contribution is 2.38. The van der Waals surface area contributed by atoms with E-state index in [0.29, 0.717) is 16.8 Å². The normalized spacial score (nSPS) is 11.0. The lowest BCUT2D eigenvalue weighted by Gasteiger charge is -2.14. The van der Waals surface area contributed by atoms with Crippen LogP contribution in [0.15, 0.2) is 26.8 Å². The number of hydrazone groups is 1. The third-order valence-corrected chi connectivity index (χ3v) is 4.09. The standard InChI is InChI=1S/C19H23N5O7/c1-10(2)31-17-14(24(28)29)7-12(8-15(17)30-4)9-20-23-16(25)6-5-13-11(3)21-19(27)22-18(13)26/h7-10H,5-6H2,1-4H3,(H,23,25)(H2,21,22,26,27)/b20-9+. The molecule has 0 aliphatic rings. The van der Waals surface area contributed by atoms with Crippen LogP contribution in [0, 0.1) is 17.0 Å². The van der Waals surface area contributed by atoms with Gasteiger partial charge in [-0.1, -0.05) is 0 Å². The van der Waals surface area contributed by atoms with Gasteiger partial charge in [-0.2, -0.15) is 5.10 Å². The minimum absolute atomic E-state index is 0.00480. The molecule has 1 heterocycles. The Balaban J connectivity index is 2.10. The average Bonchev–Trinajstić information content (AvgIpc) is 2.67. The summed E-state index contributed by atoms with van der Waals surface area (Å²) in [5, 5.41) is 15.2. The Morgan fingerprint density at radius 3 is 2.61 bits per heavy atom. The summed E-state index contributed by atoms with van der Waals surface area (Å²) in [7, 11) is 1.36. The highest BCUT2D eigenvalue weighted by molar-refractivity contribution is 5.85. The predicted octanol–water partition coefficient (Wildman–Crippen LogP) is 1.16. The number of amides is 1. The van der Waals surface area contributed by atoms with Crippen LogP contribution in [-0.2, 0) is 11.2 Å². The quantitative estimate of drug-likeness (QED) is 0.303. The lowest BCUT2D eigenvalue weighted by molar-refractivity contribution is -0.386. The van der Waals surface area contributed by atoms with Crippen LogP contribution in [0.5, 0.6) is 11.5 Å². The zero-order chi connectivity index (χ0) is 23.1. The summed E-state index contributed by atoms with van der Waals surface area (Å²) in [6, 6.07) is 2.74. The molecule has 31 heavy (non-hydrogen) atoms. The maximum absolute atomic E-state index is 12.0. The van der Waals surface area contributed by atoms with Gasteiger partial charge in [0.05, 0.1) is 24.4 Å². The number of aryl methyl sites for hydroxylation is 1. The molecular weight excluding hydrogens is 410 g/mol. The van der Waals surface area contributed by atoms with Crippen molar-refractivity contribution >= 4 is 17.8 Å². The SMILES string of the molecule is COc1cc(/C=N/NC(=O)CCc2c(C)[nH]c(=O)[nH]c2=O)cc([N+](=O)[O-])c1OC(C)C. The van der Waals surface area contributed by atoms with Crippen molar-refractivity contribution in [2.45, 2.75) is 39.7 Å². The molecule has 3 N–H and O–H groups in total. The van der Waals surface area contributed by atoms with E-state index >= 15 is 0 Å². The minimum atomic E-state index is -0.616. The Labute approximate surface area is 176 Å². The number of hydrogen-bond acceptors (Lipinski definition) is 8. The molecule has 12 heteroatoms. The van der Waals surface area contributed by atoms with Crippen molar-refractivity contribution in [3.63, 3.8) is 0 Å². The number of nitro groups is 1. The number of benzene rings is 1. The number of nitro benzene ring substituents is 1. The molecule has 0 spiro atoms. The van der Waals surface area contributed by atoms with E-state index in [1.165, 1.54) is 25.5 Å². The molecule has 0 fully saturated rings. The second-order valence-electron chi connectivity index (χ2n) is 6.80. The van der Waals surface area contributed by atoms with Crippen LogP contribution in [-0.4, -0.2) is 40.2 Å². The van der Waals surface area contributed by atoms with Crippen LogP contribution in [0.4, 0.5) is 5.69 Å². The number of aromatic nitrogens is 2. The number of hydrogen-bond donors (Lipinski definition) is 3. The molecule has 0 saturated heterocycles. The molecule has 0 atom stereocenters. The van der Waals surface area contributed by atoms with Crippen LogP contribution < -0.4 is 26.1 Å². The van der Waals surface area contributed by atoms with Gasteiger partial charge in [0.1, 0.15) is 0 Å². The Bertz CT molecular complexity index is 1120. The van der Waals surface area contributed by atoms with Gasteiger partial charge in [0.2, 0.25) is 11.7 Å². The van der Waals surface area contributed by atoms with Crippen molar-refractivity contribution in [3.05, 3.63) is 59.9 Å². The zero-order valence-electron chi connectivity index (χ0n) is 17.5. The van der Waals surface area contributed by atoms with E-state index in [0.717, 1.165) is 0 Å². The second-order valence-corrected chi connectivity index (χ2v) is 6.80. The first-order valence-corrected chi connectivity index (χ1v) is 9.29. The highest BCUT2D eigenvalue weighted by atomic mass is 16.6. The van der Waals surface area contributed by atoms with Gasteiger partial charge in [0.25, 0.3) is 5.56 Å². The summed E-state index contributed by atoms with van der Waals surface area (Å²) in [6.07, 6.45) is 0.965. The van der Waals surface area contributed by atoms with Crippen LogP contribution >= 0.6 is 0 Å². The molecule has 166 valence electrons. The number of methoxy groups -OCH3 is 1. The summed E-state index contributed by atoms with van der Waals surface area (Å²) in [6.45, 7) is 5.03. The molecular formula is C19H23N5O7. The Morgan fingerprint density at radius 1 is 1.32 bits per heavy atom. The van der Waals surface area contributed by atoms with Gasteiger partial charge in [0, 0.05) is 29.3 Å². The van der Waals surface area contributed by atoms with Crippen LogP contribution in [0.2, 0.25) is 0 Å². The van der Waals surface area contributed by atoms with E-state index in [2.05, 4.69) is 20.5 Å². The molecule has 2 aromatic rings. The van der Waals surface area contributed by atoms with Crippen molar-refractivity contribution < 1.29 is 19.2 Å². The lowest BCUT2D eigenvalue weighted by atomic mass is 10.1. The van der Waals surface area contributed by atoms with Gasteiger partial charge in [0.15, 0.2) is 5.75 Å². The molecule has 1 aromatic heterocycles. The number of ether oxygens (including phenoxy) is 2. The van der Waals surface area contributed by atoms with E-state index < -0.39 is 22.1 Å². The van der Waals surface area contributed by atoms with Crippen molar-refractivity contribution in [2.75, 3.05) is 7.11 Å². The fourth-order valence-electron chi connectivity index (χ4n) is 2.72. The molecule has 0 radical (unpaired) electrons. The number of carbonyl (C=O) groups is 1. The topological polar surface area (TPSA) is 169 Å². The van der Waals surface area contributed by atoms with Gasteiger partial charge in [-0.3, -0.25) is 24.7 Å². The minimum Gasteiger partial charge on any atom is -0.493 e. The summed E-state index contributed by atoms with van der Waals surface area (Å²) in [5.41, 5.74) is 1.81. The number of aromatic amines is 2. The molecule has 12 nitrogen and oxygen atoms in total. The average molecular weight is 433 g/mol. The zero-order valence-corrected chi connectivity index (χ0v) is 17.5. The van der Waals surface area contributed by atoms with E-state index in [1.807, 2.05) is 0 Å². The van der Waals surface area contributed by atoms with Gasteiger partial charge in [-0.25, -0.2) is 10.2 Å². The van der Waals surface area contributed by atoms with E-state index in [-0.39, 0.29) is 36.1 Å². The van der Waals surface area contributed by atoms with Gasteiger partial charge >= 0.3 is 11.4 Å². The van der Waals surface area contributed by atoms with Crippen LogP contribution in [0.1, 0.15) is 37.1 Å². The van der Waals surface area contributed by atoms with Gasteiger partial charge < -0.3 is 14.5 Å². The summed E-state index contributed by atoms with van der Waals surface area (Å²) in [5.74, 6) is -0.323. The number of nitrogens with one attached hydrogen (secondary N) is 3. The molecule has 0 aliphatic carbocycles. The summed E-state index contributed by atoms with van der Waals surface area (Å²) in [4.78, 5) is 50.4. The number of nitrogens with zero attached hydrogens (tertiary/aromatic N) is 2. The molecule has 0 bridgehead atoms. The van der Waals surface area contributed by atoms with Gasteiger partial charge in [-0.15, -0.1) is 0 Å². The smallest absolute Gasteiger partial charge is 0.325 e. The molecule has 1 amide bonds. The van der Waals surface area contributed by atoms with Crippen LogP contribution in [0.25, 0.3) is 0 Å². The fourth-order valence-corrected chi connectivity index (χ4v) is 2.72. The molecule has 2 rings (SSSR count). The first-order valence-electron chi connectivity index (χ1n) is 9.29. The van der Waals surface area contributed by atoms with Crippen LogP contribution in [0.3, 0.4) is 0 Å². The maximum Gasteiger partial charge on any atom is 0.325 e.